The number of aliphatic imine (C=N–C) groups is 1. The van der Waals surface area contributed by atoms with Gasteiger partial charge in [-0.05, 0) is 56.1 Å². The highest BCUT2D eigenvalue weighted by Crippen LogP contribution is 2.36. The maximum absolute atomic E-state index is 14.1. The van der Waals surface area contributed by atoms with Crippen LogP contribution in [0, 0.1) is 18.3 Å². The summed E-state index contributed by atoms with van der Waals surface area (Å²) in [6, 6.07) is 8.34. The Morgan fingerprint density at radius 2 is 1.82 bits per heavy atom. The van der Waals surface area contributed by atoms with E-state index in [4.69, 9.17) is 0 Å². The van der Waals surface area contributed by atoms with Gasteiger partial charge >= 0.3 is 0 Å². The number of nitrogens with zero attached hydrogens (tertiary/aromatic N) is 1. The number of rotatable bonds is 4. The van der Waals surface area contributed by atoms with Gasteiger partial charge in [-0.15, -0.1) is 0 Å². The molecule has 28 heavy (non-hydrogen) atoms. The van der Waals surface area contributed by atoms with Crippen LogP contribution in [0.3, 0.4) is 0 Å². The van der Waals surface area contributed by atoms with Crippen molar-refractivity contribution in [2.45, 2.75) is 78.4 Å². The van der Waals surface area contributed by atoms with Crippen LogP contribution in [0.2, 0.25) is 0 Å². The number of allylic oxidation sites excluding steroid dienone is 1. The largest absolute Gasteiger partial charge is 0.347 e. The average Bonchev–Trinajstić information content (AvgIpc) is 3.08. The molecule has 0 saturated heterocycles. The van der Waals surface area contributed by atoms with Crippen LogP contribution < -0.4 is 5.32 Å². The van der Waals surface area contributed by atoms with E-state index in [9.17, 15) is 9.18 Å². The molecule has 4 heteroatoms. The highest BCUT2D eigenvalue weighted by Gasteiger charge is 2.37. The lowest BCUT2D eigenvalue weighted by Crippen LogP contribution is -2.51. The predicted molar refractivity (Wildman–Crippen MR) is 114 cm³/mol. The van der Waals surface area contributed by atoms with E-state index in [2.05, 4.69) is 62.3 Å². The minimum atomic E-state index is -1.12. The summed E-state index contributed by atoms with van der Waals surface area (Å²) in [6.07, 6.45) is 4.85. The van der Waals surface area contributed by atoms with Crippen LogP contribution in [-0.4, -0.2) is 23.3 Å². The first-order chi connectivity index (χ1) is 13.0. The van der Waals surface area contributed by atoms with Crippen molar-refractivity contribution >= 4 is 17.2 Å². The molecule has 1 aromatic rings. The van der Waals surface area contributed by atoms with Crippen LogP contribution in [-0.2, 0) is 4.79 Å². The summed E-state index contributed by atoms with van der Waals surface area (Å²) in [6.45, 7) is 10.1. The molecule has 1 atom stereocenters. The third kappa shape index (κ3) is 4.89. The number of carbonyl (C=O) groups is 1. The normalized spacial score (nSPS) is 26.4. The van der Waals surface area contributed by atoms with Crippen LogP contribution in [0.15, 0.2) is 35.5 Å². The SMILES string of the molecule is Cc1ccc(C2=CN=C([C@@H](NC(=O)C3CCC(C)(F)CC3)C(C)(C)C)C2)cc1. The van der Waals surface area contributed by atoms with E-state index < -0.39 is 5.67 Å². The van der Waals surface area contributed by atoms with Gasteiger partial charge in [-0.25, -0.2) is 4.39 Å². The zero-order chi connectivity index (χ0) is 20.5. The summed E-state index contributed by atoms with van der Waals surface area (Å²) in [5.74, 6) is -0.0536. The molecule has 1 saturated carbocycles. The van der Waals surface area contributed by atoms with E-state index in [1.54, 1.807) is 6.92 Å². The van der Waals surface area contributed by atoms with Crippen molar-refractivity contribution in [1.82, 2.24) is 5.32 Å². The Kier molecular flexibility index (Phi) is 5.79. The van der Waals surface area contributed by atoms with E-state index in [1.807, 2.05) is 6.20 Å². The topological polar surface area (TPSA) is 41.5 Å². The van der Waals surface area contributed by atoms with Gasteiger partial charge in [0.15, 0.2) is 0 Å². The lowest BCUT2D eigenvalue weighted by atomic mass is 9.79. The Bertz CT molecular complexity index is 774. The second-order valence-electron chi connectivity index (χ2n) is 9.81. The average molecular weight is 385 g/mol. The molecule has 1 aromatic carbocycles. The molecule has 152 valence electrons. The van der Waals surface area contributed by atoms with Gasteiger partial charge in [0.05, 0.1) is 6.04 Å². The number of carbonyl (C=O) groups excluding carboxylic acids is 1. The van der Waals surface area contributed by atoms with Crippen LogP contribution >= 0.6 is 0 Å². The zero-order valence-electron chi connectivity index (χ0n) is 17.8. The van der Waals surface area contributed by atoms with E-state index in [-0.39, 0.29) is 23.3 Å². The molecule has 0 unspecified atom stereocenters. The number of benzene rings is 1. The summed E-state index contributed by atoms with van der Waals surface area (Å²) in [5, 5.41) is 3.25. The molecular formula is C24H33FN2O. The molecule has 1 heterocycles. The number of hydrogen-bond acceptors (Lipinski definition) is 2. The Balaban J connectivity index is 1.67. The summed E-state index contributed by atoms with van der Waals surface area (Å²) >= 11 is 0. The summed E-state index contributed by atoms with van der Waals surface area (Å²) in [7, 11) is 0. The van der Waals surface area contributed by atoms with Gasteiger partial charge < -0.3 is 5.32 Å². The summed E-state index contributed by atoms with van der Waals surface area (Å²) in [4.78, 5) is 17.6. The monoisotopic (exact) mass is 384 g/mol. The molecular weight excluding hydrogens is 351 g/mol. The van der Waals surface area contributed by atoms with E-state index in [0.29, 0.717) is 25.7 Å². The number of halogens is 1. The van der Waals surface area contributed by atoms with E-state index >= 15 is 0 Å². The molecule has 1 fully saturated rings. The Morgan fingerprint density at radius 1 is 1.21 bits per heavy atom. The minimum absolute atomic E-state index is 0.0434. The second kappa shape index (κ2) is 7.81. The van der Waals surface area contributed by atoms with Crippen LogP contribution in [0.5, 0.6) is 0 Å². The molecule has 0 radical (unpaired) electrons. The van der Waals surface area contributed by atoms with Gasteiger partial charge in [-0.2, -0.15) is 0 Å². The number of alkyl halides is 1. The fourth-order valence-electron chi connectivity index (χ4n) is 4.11. The quantitative estimate of drug-likeness (QED) is 0.718. The molecule has 3 nitrogen and oxygen atoms in total. The lowest BCUT2D eigenvalue weighted by molar-refractivity contribution is -0.127. The van der Waals surface area contributed by atoms with Crippen LogP contribution in [0.1, 0.15) is 70.9 Å². The van der Waals surface area contributed by atoms with Crippen molar-refractivity contribution in [2.24, 2.45) is 16.3 Å². The Hall–Kier alpha value is -1.97. The minimum Gasteiger partial charge on any atom is -0.347 e. The molecule has 1 N–H and O–H groups in total. The predicted octanol–water partition coefficient (Wildman–Crippen LogP) is 5.63. The van der Waals surface area contributed by atoms with E-state index in [0.717, 1.165) is 12.1 Å². The highest BCUT2D eigenvalue weighted by atomic mass is 19.1. The maximum Gasteiger partial charge on any atom is 0.223 e. The summed E-state index contributed by atoms with van der Waals surface area (Å²) < 4.78 is 14.1. The molecule has 1 aliphatic carbocycles. The molecule has 0 bridgehead atoms. The number of nitrogens with one attached hydrogen (secondary N) is 1. The highest BCUT2D eigenvalue weighted by molar-refractivity contribution is 6.03. The Labute approximate surface area is 168 Å². The van der Waals surface area contributed by atoms with Gasteiger partial charge in [0.2, 0.25) is 5.91 Å². The van der Waals surface area contributed by atoms with Crippen molar-refractivity contribution in [2.75, 3.05) is 0 Å². The number of amides is 1. The van der Waals surface area contributed by atoms with Crippen LogP contribution in [0.4, 0.5) is 4.39 Å². The number of hydrogen-bond donors (Lipinski definition) is 1. The van der Waals surface area contributed by atoms with Crippen molar-refractivity contribution in [3.05, 3.63) is 41.6 Å². The third-order valence-corrected chi connectivity index (χ3v) is 6.06. The maximum atomic E-state index is 14.1. The van der Waals surface area contributed by atoms with Crippen molar-refractivity contribution < 1.29 is 9.18 Å². The molecule has 1 aliphatic heterocycles. The second-order valence-corrected chi connectivity index (χ2v) is 9.81. The first-order valence-corrected chi connectivity index (χ1v) is 10.4. The van der Waals surface area contributed by atoms with Crippen LogP contribution in [0.25, 0.3) is 5.57 Å². The van der Waals surface area contributed by atoms with Gasteiger partial charge in [-0.3, -0.25) is 9.79 Å². The molecule has 0 aromatic heterocycles. The van der Waals surface area contributed by atoms with Gasteiger partial charge in [-0.1, -0.05) is 50.6 Å². The number of aryl methyl sites for hydroxylation is 1. The smallest absolute Gasteiger partial charge is 0.223 e. The molecule has 2 aliphatic rings. The first kappa shape index (κ1) is 20.8. The first-order valence-electron chi connectivity index (χ1n) is 10.4. The molecule has 0 spiro atoms. The molecule has 3 rings (SSSR count). The molecule has 1 amide bonds. The fraction of sp³-hybridized carbons (Fsp3) is 0.583. The summed E-state index contributed by atoms with van der Waals surface area (Å²) in [5.41, 5.74) is 3.33. The Morgan fingerprint density at radius 3 is 2.39 bits per heavy atom. The van der Waals surface area contributed by atoms with Gasteiger partial charge in [0.1, 0.15) is 5.67 Å². The third-order valence-electron chi connectivity index (χ3n) is 6.06. The van der Waals surface area contributed by atoms with Crippen molar-refractivity contribution in [1.29, 1.82) is 0 Å². The van der Waals surface area contributed by atoms with Crippen molar-refractivity contribution in [3.63, 3.8) is 0 Å². The lowest BCUT2D eigenvalue weighted by Gasteiger charge is -2.35. The van der Waals surface area contributed by atoms with Gasteiger partial charge in [0.25, 0.3) is 0 Å². The fourth-order valence-corrected chi connectivity index (χ4v) is 4.11. The van der Waals surface area contributed by atoms with E-state index in [1.165, 1.54) is 16.7 Å². The van der Waals surface area contributed by atoms with Gasteiger partial charge in [0, 0.05) is 24.3 Å². The standard InChI is InChI=1S/C24H33FN2O/c1-16-6-8-17(9-7-16)19-14-20(26-15-19)21(23(2,3)4)27-22(28)18-10-12-24(5,25)13-11-18/h6-9,15,18,21H,10-14H2,1-5H3,(H,27,28)/t18?,21-,24?/m1/s1. The zero-order valence-corrected chi connectivity index (χ0v) is 17.8. The van der Waals surface area contributed by atoms with Crippen molar-refractivity contribution in [3.8, 4) is 0 Å².